The van der Waals surface area contributed by atoms with E-state index < -0.39 is 0 Å². The summed E-state index contributed by atoms with van der Waals surface area (Å²) in [5.74, 6) is 7.66. The fourth-order valence-corrected chi connectivity index (χ4v) is 3.00. The van der Waals surface area contributed by atoms with E-state index in [0.717, 1.165) is 12.8 Å². The Morgan fingerprint density at radius 2 is 1.67 bits per heavy atom. The Kier molecular flexibility index (Phi) is 5.17. The molecule has 1 aromatic rings. The lowest BCUT2D eigenvalue weighted by Crippen LogP contribution is -2.31. The highest BCUT2D eigenvalue weighted by Gasteiger charge is 2.24. The Hall–Kier alpha value is -1.63. The van der Waals surface area contributed by atoms with Crippen molar-refractivity contribution in [1.82, 2.24) is 15.0 Å². The predicted molar refractivity (Wildman–Crippen MR) is 83.0 cm³/mol. The zero-order valence-corrected chi connectivity index (χ0v) is 13.3. The lowest BCUT2D eigenvalue weighted by molar-refractivity contribution is 0.222. The quantitative estimate of drug-likeness (QED) is 0.565. The fourth-order valence-electron chi connectivity index (χ4n) is 3.00. The van der Waals surface area contributed by atoms with E-state index in [2.05, 4.69) is 39.5 Å². The van der Waals surface area contributed by atoms with Crippen LogP contribution in [0.5, 0.6) is 6.01 Å². The second-order valence-corrected chi connectivity index (χ2v) is 6.33. The van der Waals surface area contributed by atoms with Crippen molar-refractivity contribution in [3.8, 4) is 6.01 Å². The van der Waals surface area contributed by atoms with Gasteiger partial charge in [0.1, 0.15) is 0 Å². The van der Waals surface area contributed by atoms with Crippen LogP contribution in [0, 0.1) is 11.8 Å². The van der Waals surface area contributed by atoms with Crippen LogP contribution in [0.15, 0.2) is 0 Å². The average Bonchev–Trinajstić information content (AvgIpc) is 2.36. The van der Waals surface area contributed by atoms with Crippen LogP contribution >= 0.6 is 0 Å². The van der Waals surface area contributed by atoms with Crippen molar-refractivity contribution < 1.29 is 4.74 Å². The van der Waals surface area contributed by atoms with Crippen molar-refractivity contribution in [1.29, 1.82) is 0 Å². The number of nitrogens with one attached hydrogen (secondary N) is 2. The third-order valence-electron chi connectivity index (χ3n) is 3.60. The molecule has 4 N–H and O–H groups in total. The van der Waals surface area contributed by atoms with Gasteiger partial charge in [-0.05, 0) is 44.9 Å². The molecule has 0 bridgehead atoms. The summed E-state index contributed by atoms with van der Waals surface area (Å²) in [7, 11) is 0. The van der Waals surface area contributed by atoms with Gasteiger partial charge in [0, 0.05) is 6.04 Å². The number of aromatic nitrogens is 3. The molecule has 1 heterocycles. The minimum Gasteiger partial charge on any atom is -0.461 e. The first-order chi connectivity index (χ1) is 9.96. The van der Waals surface area contributed by atoms with E-state index in [4.69, 9.17) is 10.6 Å². The van der Waals surface area contributed by atoms with Crippen molar-refractivity contribution in [3.05, 3.63) is 0 Å². The van der Waals surface area contributed by atoms with Crippen LogP contribution in [0.1, 0.15) is 47.0 Å². The SMILES string of the molecule is CC1CC(C)CC(Nc2nc(NN)nc(OC(C)C)n2)C1. The van der Waals surface area contributed by atoms with E-state index in [1.807, 2.05) is 13.8 Å². The predicted octanol–water partition coefficient (Wildman–Crippen LogP) is 2.18. The second-order valence-electron chi connectivity index (χ2n) is 6.33. The summed E-state index contributed by atoms with van der Waals surface area (Å²) in [6.45, 7) is 8.43. The van der Waals surface area contributed by atoms with Gasteiger partial charge >= 0.3 is 6.01 Å². The summed E-state index contributed by atoms with van der Waals surface area (Å²) in [4.78, 5) is 12.7. The molecule has 0 saturated heterocycles. The molecule has 1 aliphatic carbocycles. The number of nitrogens with zero attached hydrogens (tertiary/aromatic N) is 3. The van der Waals surface area contributed by atoms with Gasteiger partial charge in [-0.15, -0.1) is 0 Å². The minimum absolute atomic E-state index is 0.000555. The Labute approximate surface area is 126 Å². The maximum atomic E-state index is 5.53. The van der Waals surface area contributed by atoms with Crippen molar-refractivity contribution in [2.75, 3.05) is 10.7 Å². The van der Waals surface area contributed by atoms with Crippen LogP contribution in [0.3, 0.4) is 0 Å². The van der Waals surface area contributed by atoms with Crippen LogP contribution in [-0.2, 0) is 0 Å². The van der Waals surface area contributed by atoms with Gasteiger partial charge in [-0.25, -0.2) is 5.84 Å². The molecule has 21 heavy (non-hydrogen) atoms. The van der Waals surface area contributed by atoms with Gasteiger partial charge in [0.05, 0.1) is 6.10 Å². The van der Waals surface area contributed by atoms with Crippen LogP contribution in [0.2, 0.25) is 0 Å². The Morgan fingerprint density at radius 3 is 2.24 bits per heavy atom. The highest BCUT2D eigenvalue weighted by atomic mass is 16.5. The molecule has 0 radical (unpaired) electrons. The van der Waals surface area contributed by atoms with Gasteiger partial charge in [0.15, 0.2) is 0 Å². The summed E-state index contributed by atoms with van der Waals surface area (Å²) < 4.78 is 5.53. The van der Waals surface area contributed by atoms with Crippen LogP contribution in [0.25, 0.3) is 0 Å². The van der Waals surface area contributed by atoms with E-state index in [1.165, 1.54) is 6.42 Å². The Morgan fingerprint density at radius 1 is 1.05 bits per heavy atom. The van der Waals surface area contributed by atoms with Gasteiger partial charge in [0.2, 0.25) is 11.9 Å². The molecule has 7 heteroatoms. The number of nitrogens with two attached hydrogens (primary N) is 1. The number of rotatable bonds is 5. The maximum absolute atomic E-state index is 5.53. The van der Waals surface area contributed by atoms with Crippen molar-refractivity contribution >= 4 is 11.9 Å². The van der Waals surface area contributed by atoms with E-state index in [9.17, 15) is 0 Å². The Balaban J connectivity index is 2.11. The van der Waals surface area contributed by atoms with Crippen LogP contribution < -0.4 is 21.3 Å². The van der Waals surface area contributed by atoms with E-state index in [1.54, 1.807) is 0 Å². The molecule has 0 aromatic carbocycles. The van der Waals surface area contributed by atoms with E-state index in [-0.39, 0.29) is 12.1 Å². The number of hydrogen-bond acceptors (Lipinski definition) is 7. The first-order valence-corrected chi connectivity index (χ1v) is 7.62. The van der Waals surface area contributed by atoms with Crippen molar-refractivity contribution in [3.63, 3.8) is 0 Å². The highest BCUT2D eigenvalue weighted by molar-refractivity contribution is 5.35. The zero-order valence-electron chi connectivity index (χ0n) is 13.3. The molecule has 1 aliphatic rings. The topological polar surface area (TPSA) is 98.0 Å². The van der Waals surface area contributed by atoms with Gasteiger partial charge in [-0.2, -0.15) is 15.0 Å². The first-order valence-electron chi connectivity index (χ1n) is 7.62. The molecular weight excluding hydrogens is 268 g/mol. The average molecular weight is 294 g/mol. The van der Waals surface area contributed by atoms with Gasteiger partial charge < -0.3 is 10.1 Å². The Bertz CT molecular complexity index is 457. The molecule has 7 nitrogen and oxygen atoms in total. The number of hydrogen-bond donors (Lipinski definition) is 3. The van der Waals surface area contributed by atoms with Crippen molar-refractivity contribution in [2.45, 2.75) is 59.1 Å². The molecule has 1 fully saturated rings. The summed E-state index contributed by atoms with van der Waals surface area (Å²) in [6, 6.07) is 0.663. The largest absolute Gasteiger partial charge is 0.461 e. The molecule has 1 saturated carbocycles. The third-order valence-corrected chi connectivity index (χ3v) is 3.60. The molecule has 0 spiro atoms. The number of nitrogen functional groups attached to an aromatic ring is 1. The molecular formula is C14H26N6O. The molecule has 2 rings (SSSR count). The highest BCUT2D eigenvalue weighted by Crippen LogP contribution is 2.30. The number of hydrazine groups is 1. The van der Waals surface area contributed by atoms with Crippen LogP contribution in [0.4, 0.5) is 11.9 Å². The monoisotopic (exact) mass is 294 g/mol. The summed E-state index contributed by atoms with van der Waals surface area (Å²) >= 11 is 0. The van der Waals surface area contributed by atoms with E-state index >= 15 is 0 Å². The normalized spacial score (nSPS) is 25.7. The smallest absolute Gasteiger partial charge is 0.323 e. The van der Waals surface area contributed by atoms with Gasteiger partial charge in [-0.1, -0.05) is 13.8 Å². The van der Waals surface area contributed by atoms with E-state index in [0.29, 0.717) is 29.8 Å². The number of ether oxygens (including phenoxy) is 1. The first kappa shape index (κ1) is 15.8. The molecule has 2 unspecified atom stereocenters. The standard InChI is InChI=1S/C14H26N6O/c1-8(2)21-14-18-12(17-13(19-14)20-15)16-11-6-9(3)5-10(4)7-11/h8-11H,5-7,15H2,1-4H3,(H2,16,17,18,19,20). The lowest BCUT2D eigenvalue weighted by atomic mass is 9.80. The van der Waals surface area contributed by atoms with Crippen molar-refractivity contribution in [2.24, 2.45) is 17.7 Å². The lowest BCUT2D eigenvalue weighted by Gasteiger charge is -2.31. The molecule has 2 atom stereocenters. The van der Waals surface area contributed by atoms with Gasteiger partial charge in [-0.3, -0.25) is 5.43 Å². The summed E-state index contributed by atoms with van der Waals surface area (Å²) in [5.41, 5.74) is 2.45. The molecule has 0 amide bonds. The second kappa shape index (κ2) is 6.89. The summed E-state index contributed by atoms with van der Waals surface area (Å²) in [5, 5.41) is 3.39. The third kappa shape index (κ3) is 4.70. The van der Waals surface area contributed by atoms with Crippen LogP contribution in [-0.4, -0.2) is 27.1 Å². The fraction of sp³-hybridized carbons (Fsp3) is 0.786. The summed E-state index contributed by atoms with van der Waals surface area (Å²) in [6.07, 6.45) is 3.54. The van der Waals surface area contributed by atoms with Gasteiger partial charge in [0.25, 0.3) is 0 Å². The molecule has 1 aromatic heterocycles. The maximum Gasteiger partial charge on any atom is 0.323 e. The zero-order chi connectivity index (χ0) is 15.4. The molecule has 118 valence electrons. The number of anilines is 2. The molecule has 0 aliphatic heterocycles. The minimum atomic E-state index is 0.000555.